The number of nitrogens with two attached hydrogens (primary N) is 1. The van der Waals surface area contributed by atoms with Crippen LogP contribution >= 0.6 is 24.8 Å². The quantitative estimate of drug-likeness (QED) is 0.856. The summed E-state index contributed by atoms with van der Waals surface area (Å²) >= 11 is 0. The summed E-state index contributed by atoms with van der Waals surface area (Å²) in [6.07, 6.45) is 0. The van der Waals surface area contributed by atoms with Gasteiger partial charge in [0, 0.05) is 25.8 Å². The highest BCUT2D eigenvalue weighted by Crippen LogP contribution is 2.17. The predicted molar refractivity (Wildman–Crippen MR) is 67.9 cm³/mol. The predicted octanol–water partition coefficient (Wildman–Crippen LogP) is 2.62. The molecule has 0 heterocycles. The number of hydrogen-bond donors (Lipinski definition) is 1. The summed E-state index contributed by atoms with van der Waals surface area (Å²) in [6, 6.07) is 8.40. The van der Waals surface area contributed by atoms with Crippen LogP contribution in [0.2, 0.25) is 0 Å². The number of nitrogens with zero attached hydrogens (tertiary/aromatic N) is 1. The van der Waals surface area contributed by atoms with Gasteiger partial charge in [-0.2, -0.15) is 0 Å². The van der Waals surface area contributed by atoms with Crippen molar-refractivity contribution in [3.8, 4) is 0 Å². The van der Waals surface area contributed by atoms with E-state index in [2.05, 4.69) is 23.1 Å². The minimum absolute atomic E-state index is 0. The third kappa shape index (κ3) is 4.18. The molecule has 0 aliphatic rings. The van der Waals surface area contributed by atoms with Gasteiger partial charge in [-0.25, -0.2) is 0 Å². The van der Waals surface area contributed by atoms with Crippen LogP contribution in [0.4, 0.5) is 5.69 Å². The Kier molecular flexibility index (Phi) is 7.93. The van der Waals surface area contributed by atoms with Gasteiger partial charge in [0.2, 0.25) is 0 Å². The summed E-state index contributed by atoms with van der Waals surface area (Å²) in [5, 5.41) is 0. The van der Waals surface area contributed by atoms with Gasteiger partial charge in [-0.3, -0.25) is 0 Å². The van der Waals surface area contributed by atoms with Crippen molar-refractivity contribution in [3.05, 3.63) is 29.8 Å². The van der Waals surface area contributed by atoms with Gasteiger partial charge in [-0.05, 0) is 24.6 Å². The van der Waals surface area contributed by atoms with Crippen LogP contribution in [0.5, 0.6) is 0 Å². The molecule has 0 radical (unpaired) electrons. The first-order chi connectivity index (χ1) is 5.61. The Balaban J connectivity index is 0. The molecule has 0 bridgehead atoms. The van der Waals surface area contributed by atoms with Crippen LogP contribution in [-0.4, -0.2) is 14.1 Å². The van der Waals surface area contributed by atoms with Crippen molar-refractivity contribution < 1.29 is 0 Å². The van der Waals surface area contributed by atoms with Crippen LogP contribution in [0.3, 0.4) is 0 Å². The zero-order chi connectivity index (χ0) is 9.14. The van der Waals surface area contributed by atoms with Crippen LogP contribution in [0.15, 0.2) is 24.3 Å². The molecule has 0 amide bonds. The molecular weight excluding hydrogens is 219 g/mol. The number of hydrogen-bond acceptors (Lipinski definition) is 2. The van der Waals surface area contributed by atoms with Crippen molar-refractivity contribution >= 4 is 30.5 Å². The maximum atomic E-state index is 5.76. The Morgan fingerprint density at radius 2 is 1.79 bits per heavy atom. The van der Waals surface area contributed by atoms with Crippen LogP contribution in [0.25, 0.3) is 0 Å². The van der Waals surface area contributed by atoms with E-state index in [0.29, 0.717) is 0 Å². The summed E-state index contributed by atoms with van der Waals surface area (Å²) in [6.45, 7) is 1.99. The Bertz CT molecular complexity index is 239. The van der Waals surface area contributed by atoms with Crippen LogP contribution in [0.1, 0.15) is 18.5 Å². The van der Waals surface area contributed by atoms with Gasteiger partial charge in [-0.1, -0.05) is 12.1 Å². The lowest BCUT2D eigenvalue weighted by Crippen LogP contribution is -2.10. The lowest BCUT2D eigenvalue weighted by atomic mass is 10.1. The molecule has 82 valence electrons. The fourth-order valence-corrected chi connectivity index (χ4v) is 1.09. The lowest BCUT2D eigenvalue weighted by Gasteiger charge is -2.14. The Morgan fingerprint density at radius 1 is 1.21 bits per heavy atom. The summed E-state index contributed by atoms with van der Waals surface area (Å²) in [5.41, 5.74) is 8.14. The summed E-state index contributed by atoms with van der Waals surface area (Å²) in [4.78, 5) is 2.08. The SMILES string of the molecule is C[C@H](N)c1cccc(N(C)C)c1.Cl.Cl. The average Bonchev–Trinajstić information content (AvgIpc) is 2.04. The average molecular weight is 237 g/mol. The zero-order valence-electron chi connectivity index (χ0n) is 8.73. The fourth-order valence-electron chi connectivity index (χ4n) is 1.09. The molecule has 0 fully saturated rings. The van der Waals surface area contributed by atoms with E-state index in [1.54, 1.807) is 0 Å². The van der Waals surface area contributed by atoms with E-state index >= 15 is 0 Å². The molecule has 0 aliphatic heterocycles. The van der Waals surface area contributed by atoms with E-state index < -0.39 is 0 Å². The van der Waals surface area contributed by atoms with Gasteiger partial charge in [0.15, 0.2) is 0 Å². The molecule has 0 aromatic heterocycles. The van der Waals surface area contributed by atoms with Crippen molar-refractivity contribution in [3.63, 3.8) is 0 Å². The monoisotopic (exact) mass is 236 g/mol. The molecule has 4 heteroatoms. The second kappa shape index (κ2) is 6.93. The zero-order valence-corrected chi connectivity index (χ0v) is 10.4. The first-order valence-corrected chi connectivity index (χ1v) is 4.14. The van der Waals surface area contributed by atoms with E-state index in [-0.39, 0.29) is 30.9 Å². The van der Waals surface area contributed by atoms with Crippen molar-refractivity contribution in [2.45, 2.75) is 13.0 Å². The molecule has 0 aliphatic carbocycles. The molecule has 2 nitrogen and oxygen atoms in total. The fraction of sp³-hybridized carbons (Fsp3) is 0.400. The molecular formula is C10H18Cl2N2. The summed E-state index contributed by atoms with van der Waals surface area (Å²) < 4.78 is 0. The smallest absolute Gasteiger partial charge is 0.0364 e. The van der Waals surface area contributed by atoms with E-state index in [1.807, 2.05) is 27.1 Å². The molecule has 0 spiro atoms. The lowest BCUT2D eigenvalue weighted by molar-refractivity contribution is 0.817. The Morgan fingerprint density at radius 3 is 2.21 bits per heavy atom. The topological polar surface area (TPSA) is 29.3 Å². The van der Waals surface area contributed by atoms with Gasteiger partial charge in [0.1, 0.15) is 0 Å². The van der Waals surface area contributed by atoms with E-state index in [0.717, 1.165) is 0 Å². The first kappa shape index (κ1) is 16.0. The number of halogens is 2. The van der Waals surface area contributed by atoms with E-state index in [1.165, 1.54) is 11.3 Å². The molecule has 1 rings (SSSR count). The van der Waals surface area contributed by atoms with Crippen LogP contribution in [0, 0.1) is 0 Å². The van der Waals surface area contributed by atoms with Crippen molar-refractivity contribution in [1.82, 2.24) is 0 Å². The van der Waals surface area contributed by atoms with Gasteiger partial charge >= 0.3 is 0 Å². The van der Waals surface area contributed by atoms with Gasteiger partial charge in [0.25, 0.3) is 0 Å². The third-order valence-electron chi connectivity index (χ3n) is 1.91. The molecule has 0 unspecified atom stereocenters. The third-order valence-corrected chi connectivity index (χ3v) is 1.91. The van der Waals surface area contributed by atoms with Gasteiger partial charge in [-0.15, -0.1) is 24.8 Å². The largest absolute Gasteiger partial charge is 0.378 e. The summed E-state index contributed by atoms with van der Waals surface area (Å²) in [5.74, 6) is 0. The van der Waals surface area contributed by atoms with Gasteiger partial charge < -0.3 is 10.6 Å². The highest BCUT2D eigenvalue weighted by molar-refractivity contribution is 5.85. The molecule has 1 aromatic rings. The molecule has 14 heavy (non-hydrogen) atoms. The number of benzene rings is 1. The van der Waals surface area contributed by atoms with Crippen LogP contribution in [-0.2, 0) is 0 Å². The van der Waals surface area contributed by atoms with E-state index in [9.17, 15) is 0 Å². The molecule has 0 saturated carbocycles. The molecule has 0 saturated heterocycles. The number of rotatable bonds is 2. The van der Waals surface area contributed by atoms with Crippen molar-refractivity contribution in [2.24, 2.45) is 5.73 Å². The summed E-state index contributed by atoms with van der Waals surface area (Å²) in [7, 11) is 4.06. The molecule has 1 aromatic carbocycles. The second-order valence-electron chi connectivity index (χ2n) is 3.28. The van der Waals surface area contributed by atoms with Crippen molar-refractivity contribution in [1.29, 1.82) is 0 Å². The maximum absolute atomic E-state index is 5.76. The second-order valence-corrected chi connectivity index (χ2v) is 3.28. The highest BCUT2D eigenvalue weighted by atomic mass is 35.5. The van der Waals surface area contributed by atoms with E-state index in [4.69, 9.17) is 5.73 Å². The van der Waals surface area contributed by atoms with Gasteiger partial charge in [0.05, 0.1) is 0 Å². The normalized spacial score (nSPS) is 10.9. The van der Waals surface area contributed by atoms with Crippen molar-refractivity contribution in [2.75, 3.05) is 19.0 Å². The maximum Gasteiger partial charge on any atom is 0.0364 e. The first-order valence-electron chi connectivity index (χ1n) is 4.14. The Hall–Kier alpha value is -0.440. The van der Waals surface area contributed by atoms with Crippen LogP contribution < -0.4 is 10.6 Å². The molecule has 2 N–H and O–H groups in total. The minimum atomic E-state index is 0. The highest BCUT2D eigenvalue weighted by Gasteiger charge is 2.00. The standard InChI is InChI=1S/C10H16N2.2ClH/c1-8(11)9-5-4-6-10(7-9)12(2)3;;/h4-8H,11H2,1-3H3;2*1H/t8-;;/m0../s1. The minimum Gasteiger partial charge on any atom is -0.378 e. The number of anilines is 1. The Labute approximate surface area is 98.3 Å². The molecule has 1 atom stereocenters.